The maximum atomic E-state index is 13.0. The first-order valence-electron chi connectivity index (χ1n) is 7.58. The van der Waals surface area contributed by atoms with Crippen LogP contribution in [0.15, 0.2) is 47.5 Å². The summed E-state index contributed by atoms with van der Waals surface area (Å²) in [6.45, 7) is -0.271. The fraction of sp³-hybridized carbons (Fsp3) is 0.118. The lowest BCUT2D eigenvalue weighted by Gasteiger charge is -2.03. The number of carbonyl (C=O) groups excluding carboxylic acids is 2. The SMILES string of the molecule is COC(=O)Cn1c(=NC(=O)c2ccc(F)cc2)sc2ccc([N+](=O)[O-])cc21. The van der Waals surface area contributed by atoms with Gasteiger partial charge >= 0.3 is 5.97 Å². The molecular formula is C17H12FN3O5S. The first-order chi connectivity index (χ1) is 12.9. The smallest absolute Gasteiger partial charge is 0.325 e. The van der Waals surface area contributed by atoms with E-state index in [0.29, 0.717) is 10.2 Å². The summed E-state index contributed by atoms with van der Waals surface area (Å²) in [5.41, 5.74) is 0.394. The highest BCUT2D eigenvalue weighted by molar-refractivity contribution is 7.16. The number of carbonyl (C=O) groups is 2. The molecule has 0 atom stereocenters. The van der Waals surface area contributed by atoms with E-state index >= 15 is 0 Å². The van der Waals surface area contributed by atoms with Crippen molar-refractivity contribution in [1.29, 1.82) is 0 Å². The maximum absolute atomic E-state index is 13.0. The molecule has 27 heavy (non-hydrogen) atoms. The Morgan fingerprint density at radius 1 is 1.26 bits per heavy atom. The third-order valence-electron chi connectivity index (χ3n) is 3.68. The Kier molecular flexibility index (Phi) is 5.08. The van der Waals surface area contributed by atoms with E-state index < -0.39 is 22.6 Å². The van der Waals surface area contributed by atoms with E-state index in [1.54, 1.807) is 0 Å². The Morgan fingerprint density at radius 2 is 1.96 bits per heavy atom. The first kappa shape index (κ1) is 18.4. The molecule has 0 aliphatic rings. The minimum atomic E-state index is -0.630. The van der Waals surface area contributed by atoms with Crippen LogP contribution in [-0.2, 0) is 16.1 Å². The van der Waals surface area contributed by atoms with E-state index in [0.717, 1.165) is 23.5 Å². The predicted octanol–water partition coefficient (Wildman–Crippen LogP) is 2.66. The Bertz CT molecular complexity index is 1120. The molecule has 3 rings (SSSR count). The van der Waals surface area contributed by atoms with Gasteiger partial charge in [-0.1, -0.05) is 11.3 Å². The summed E-state index contributed by atoms with van der Waals surface area (Å²) in [4.78, 5) is 38.8. The topological polar surface area (TPSA) is 104 Å². The van der Waals surface area contributed by atoms with Crippen LogP contribution in [0, 0.1) is 15.9 Å². The molecule has 138 valence electrons. The van der Waals surface area contributed by atoms with Gasteiger partial charge in [0.1, 0.15) is 12.4 Å². The van der Waals surface area contributed by atoms with Crippen LogP contribution in [0.5, 0.6) is 0 Å². The summed E-state index contributed by atoms with van der Waals surface area (Å²) in [6.07, 6.45) is 0. The number of nitro groups is 1. The zero-order chi connectivity index (χ0) is 19.6. The molecule has 0 bridgehead atoms. The van der Waals surface area contributed by atoms with Crippen molar-refractivity contribution in [3.8, 4) is 0 Å². The quantitative estimate of drug-likeness (QED) is 0.388. The lowest BCUT2D eigenvalue weighted by atomic mass is 10.2. The second-order valence-electron chi connectivity index (χ2n) is 5.38. The number of non-ortho nitro benzene ring substituents is 1. The summed E-state index contributed by atoms with van der Waals surface area (Å²) in [5.74, 6) is -1.71. The molecule has 0 aliphatic carbocycles. The molecule has 0 aliphatic heterocycles. The number of benzene rings is 2. The van der Waals surface area contributed by atoms with Crippen LogP contribution >= 0.6 is 11.3 Å². The molecule has 1 amide bonds. The van der Waals surface area contributed by atoms with Crippen molar-refractivity contribution in [3.63, 3.8) is 0 Å². The molecule has 0 N–H and O–H groups in total. The number of fused-ring (bicyclic) bond motifs is 1. The minimum Gasteiger partial charge on any atom is -0.468 e. The largest absolute Gasteiger partial charge is 0.468 e. The second kappa shape index (κ2) is 7.46. The number of aromatic nitrogens is 1. The number of nitrogens with zero attached hydrogens (tertiary/aromatic N) is 3. The lowest BCUT2D eigenvalue weighted by Crippen LogP contribution is -2.22. The van der Waals surface area contributed by atoms with Gasteiger partial charge in [-0.05, 0) is 30.3 Å². The molecule has 1 heterocycles. The zero-order valence-corrected chi connectivity index (χ0v) is 14.7. The molecule has 0 saturated heterocycles. The third-order valence-corrected chi connectivity index (χ3v) is 4.74. The highest BCUT2D eigenvalue weighted by Crippen LogP contribution is 2.23. The fourth-order valence-electron chi connectivity index (χ4n) is 2.35. The number of esters is 1. The number of hydrogen-bond donors (Lipinski definition) is 0. The molecule has 3 aromatic rings. The van der Waals surface area contributed by atoms with E-state index in [-0.39, 0.29) is 22.6 Å². The summed E-state index contributed by atoms with van der Waals surface area (Å²) in [7, 11) is 1.21. The van der Waals surface area contributed by atoms with Crippen LogP contribution in [0.3, 0.4) is 0 Å². The molecule has 0 unspecified atom stereocenters. The van der Waals surface area contributed by atoms with E-state index in [4.69, 9.17) is 0 Å². The summed E-state index contributed by atoms with van der Waals surface area (Å²) in [5, 5.41) is 11.0. The number of nitro benzene ring substituents is 1. The van der Waals surface area contributed by atoms with Crippen LogP contribution in [0.1, 0.15) is 10.4 Å². The van der Waals surface area contributed by atoms with Gasteiger partial charge < -0.3 is 9.30 Å². The van der Waals surface area contributed by atoms with Crippen molar-refractivity contribution in [1.82, 2.24) is 4.57 Å². The van der Waals surface area contributed by atoms with Crippen molar-refractivity contribution < 1.29 is 23.6 Å². The summed E-state index contributed by atoms with van der Waals surface area (Å²) >= 11 is 1.09. The zero-order valence-electron chi connectivity index (χ0n) is 13.9. The monoisotopic (exact) mass is 389 g/mol. The molecule has 0 fully saturated rings. The minimum absolute atomic E-state index is 0.157. The lowest BCUT2D eigenvalue weighted by molar-refractivity contribution is -0.384. The number of methoxy groups -OCH3 is 1. The van der Waals surface area contributed by atoms with Crippen LogP contribution in [0.4, 0.5) is 10.1 Å². The van der Waals surface area contributed by atoms with Crippen LogP contribution in [0.2, 0.25) is 0 Å². The molecule has 10 heteroatoms. The van der Waals surface area contributed by atoms with E-state index in [9.17, 15) is 24.1 Å². The van der Waals surface area contributed by atoms with Gasteiger partial charge in [-0.2, -0.15) is 4.99 Å². The number of thiazole rings is 1. The maximum Gasteiger partial charge on any atom is 0.325 e. The van der Waals surface area contributed by atoms with Crippen LogP contribution in [0.25, 0.3) is 10.2 Å². The standard InChI is InChI=1S/C17H12FN3O5S/c1-26-15(22)9-20-13-8-12(21(24)25)6-7-14(13)27-17(20)19-16(23)10-2-4-11(18)5-3-10/h2-8H,9H2,1H3. The Hall–Kier alpha value is -3.40. The first-order valence-corrected chi connectivity index (χ1v) is 8.40. The summed E-state index contributed by atoms with van der Waals surface area (Å²) < 4.78 is 19.6. The van der Waals surface area contributed by atoms with E-state index in [2.05, 4.69) is 9.73 Å². The van der Waals surface area contributed by atoms with Gasteiger partial charge in [0, 0.05) is 17.7 Å². The molecule has 8 nitrogen and oxygen atoms in total. The van der Waals surface area contributed by atoms with Gasteiger partial charge in [0.05, 0.1) is 22.2 Å². The van der Waals surface area contributed by atoms with Gasteiger partial charge in [0.2, 0.25) is 0 Å². The Labute approximate surface area is 155 Å². The molecule has 2 aromatic carbocycles. The third kappa shape index (κ3) is 3.90. The van der Waals surface area contributed by atoms with Crippen LogP contribution < -0.4 is 4.80 Å². The number of ether oxygens (including phenoxy) is 1. The molecule has 1 aromatic heterocycles. The van der Waals surface area contributed by atoms with Crippen molar-refractivity contribution in [2.75, 3.05) is 7.11 Å². The van der Waals surface area contributed by atoms with Gasteiger partial charge in [-0.3, -0.25) is 19.7 Å². The highest BCUT2D eigenvalue weighted by Gasteiger charge is 2.15. The molecule has 0 radical (unpaired) electrons. The van der Waals surface area contributed by atoms with E-state index in [1.165, 1.54) is 42.0 Å². The molecular weight excluding hydrogens is 377 g/mol. The van der Waals surface area contributed by atoms with Gasteiger partial charge in [-0.15, -0.1) is 0 Å². The predicted molar refractivity (Wildman–Crippen MR) is 94.8 cm³/mol. The Morgan fingerprint density at radius 3 is 2.59 bits per heavy atom. The van der Waals surface area contributed by atoms with Gasteiger partial charge in [-0.25, -0.2) is 4.39 Å². The van der Waals surface area contributed by atoms with Crippen molar-refractivity contribution in [2.24, 2.45) is 4.99 Å². The van der Waals surface area contributed by atoms with Gasteiger partial charge in [0.15, 0.2) is 4.80 Å². The highest BCUT2D eigenvalue weighted by atomic mass is 32.1. The normalized spacial score (nSPS) is 11.6. The number of halogens is 1. The molecule has 0 saturated carbocycles. The number of hydrogen-bond acceptors (Lipinski definition) is 6. The van der Waals surface area contributed by atoms with E-state index in [1.807, 2.05) is 0 Å². The van der Waals surface area contributed by atoms with Crippen molar-refractivity contribution in [2.45, 2.75) is 6.54 Å². The van der Waals surface area contributed by atoms with Crippen molar-refractivity contribution in [3.05, 3.63) is 68.8 Å². The summed E-state index contributed by atoms with van der Waals surface area (Å²) in [6, 6.07) is 9.02. The fourth-order valence-corrected chi connectivity index (χ4v) is 3.35. The van der Waals surface area contributed by atoms with Crippen LogP contribution in [-0.4, -0.2) is 28.5 Å². The average Bonchev–Trinajstić information content (AvgIpc) is 2.98. The average molecular weight is 389 g/mol. The number of rotatable bonds is 4. The Balaban J connectivity index is 2.16. The van der Waals surface area contributed by atoms with Gasteiger partial charge in [0.25, 0.3) is 11.6 Å². The number of amides is 1. The molecule has 0 spiro atoms. The second-order valence-corrected chi connectivity index (χ2v) is 6.39. The van der Waals surface area contributed by atoms with Crippen molar-refractivity contribution >= 4 is 39.1 Å².